The van der Waals surface area contributed by atoms with Crippen LogP contribution < -0.4 is 0 Å². The van der Waals surface area contributed by atoms with E-state index in [2.05, 4.69) is 6.58 Å². The summed E-state index contributed by atoms with van der Waals surface area (Å²) in [5.41, 5.74) is 0.0448. The van der Waals surface area contributed by atoms with Crippen LogP contribution in [0.25, 0.3) is 6.08 Å². The molecule has 0 aliphatic carbocycles. The summed E-state index contributed by atoms with van der Waals surface area (Å²) < 4.78 is 57.4. The number of benzene rings is 2. The first-order chi connectivity index (χ1) is 10.8. The molecule has 0 saturated carbocycles. The summed E-state index contributed by atoms with van der Waals surface area (Å²) in [6.45, 7) is 5.47. The van der Waals surface area contributed by atoms with Gasteiger partial charge in [-0.15, -0.1) is 0 Å². The second kappa shape index (κ2) is 6.57. The lowest BCUT2D eigenvalue weighted by molar-refractivity contribution is -0.223. The van der Waals surface area contributed by atoms with Crippen molar-refractivity contribution in [2.45, 2.75) is 31.6 Å². The van der Waals surface area contributed by atoms with Gasteiger partial charge in [0.2, 0.25) is 0 Å². The van der Waals surface area contributed by atoms with Crippen molar-refractivity contribution >= 4 is 6.08 Å². The molecule has 0 N–H and O–H groups in total. The molecule has 2 rings (SSSR count). The summed E-state index contributed by atoms with van der Waals surface area (Å²) >= 11 is 0. The molecule has 122 valence electrons. The van der Waals surface area contributed by atoms with Gasteiger partial charge in [0, 0.05) is 11.1 Å². The average molecular weight is 322 g/mol. The Bertz CT molecular complexity index is 655. The van der Waals surface area contributed by atoms with Crippen molar-refractivity contribution in [2.24, 2.45) is 0 Å². The van der Waals surface area contributed by atoms with E-state index in [1.54, 1.807) is 0 Å². The van der Waals surface area contributed by atoms with Crippen LogP contribution in [0.15, 0.2) is 55.1 Å². The number of alkyl halides is 4. The van der Waals surface area contributed by atoms with Gasteiger partial charge in [-0.3, -0.25) is 0 Å². The first kappa shape index (κ1) is 17.3. The van der Waals surface area contributed by atoms with E-state index in [-0.39, 0.29) is 0 Å². The first-order valence-corrected chi connectivity index (χ1v) is 7.41. The molecule has 4 heteroatoms. The normalized spacial score (nSPS) is 12.2. The van der Waals surface area contributed by atoms with E-state index >= 15 is 0 Å². The van der Waals surface area contributed by atoms with Crippen molar-refractivity contribution in [3.05, 3.63) is 77.4 Å². The first-order valence-electron chi connectivity index (χ1n) is 7.41. The minimum Gasteiger partial charge on any atom is -0.194 e. The summed E-state index contributed by atoms with van der Waals surface area (Å²) in [5.74, 6) is -8.58. The maximum atomic E-state index is 14.3. The van der Waals surface area contributed by atoms with Gasteiger partial charge in [0.05, 0.1) is 0 Å². The number of aryl methyl sites for hydroxylation is 1. The Balaban J connectivity index is 2.36. The predicted molar refractivity (Wildman–Crippen MR) is 84.8 cm³/mol. The van der Waals surface area contributed by atoms with Gasteiger partial charge >= 0.3 is 11.8 Å². The molecule has 0 saturated heterocycles. The van der Waals surface area contributed by atoms with Crippen LogP contribution in [0.1, 0.15) is 35.6 Å². The highest BCUT2D eigenvalue weighted by atomic mass is 19.3. The molecule has 0 fully saturated rings. The van der Waals surface area contributed by atoms with Crippen LogP contribution in [0.3, 0.4) is 0 Å². The van der Waals surface area contributed by atoms with Gasteiger partial charge in [-0.05, 0) is 17.5 Å². The van der Waals surface area contributed by atoms with Gasteiger partial charge in [0.15, 0.2) is 0 Å². The standard InChI is InChI=1S/C19H18F4/c1-3-5-15-8-12-17(13-9-15)19(22,23)18(20,21)16-10-6-14(4-2)7-11-16/h4,6-13H,2-3,5H2,1H3. The number of rotatable bonds is 6. The Morgan fingerprint density at radius 3 is 1.65 bits per heavy atom. The molecule has 0 spiro atoms. The van der Waals surface area contributed by atoms with Crippen LogP contribution in [0.5, 0.6) is 0 Å². The van der Waals surface area contributed by atoms with Crippen molar-refractivity contribution in [1.29, 1.82) is 0 Å². The van der Waals surface area contributed by atoms with Crippen molar-refractivity contribution in [2.75, 3.05) is 0 Å². The van der Waals surface area contributed by atoms with Gasteiger partial charge < -0.3 is 0 Å². The highest BCUT2D eigenvalue weighted by Crippen LogP contribution is 2.49. The van der Waals surface area contributed by atoms with E-state index in [1.807, 2.05) is 6.92 Å². The molecule has 0 aliphatic heterocycles. The fourth-order valence-corrected chi connectivity index (χ4v) is 2.36. The smallest absolute Gasteiger partial charge is 0.194 e. The van der Waals surface area contributed by atoms with Crippen molar-refractivity contribution in [3.8, 4) is 0 Å². The summed E-state index contributed by atoms with van der Waals surface area (Å²) in [6, 6.07) is 9.82. The summed E-state index contributed by atoms with van der Waals surface area (Å²) in [4.78, 5) is 0. The summed E-state index contributed by atoms with van der Waals surface area (Å²) in [5, 5.41) is 0. The van der Waals surface area contributed by atoms with E-state index < -0.39 is 23.0 Å². The molecule has 0 amide bonds. The molecule has 23 heavy (non-hydrogen) atoms. The lowest BCUT2D eigenvalue weighted by Crippen LogP contribution is -2.35. The minimum absolute atomic E-state index is 0.594. The van der Waals surface area contributed by atoms with Gasteiger partial charge in [0.1, 0.15) is 0 Å². The summed E-state index contributed by atoms with van der Waals surface area (Å²) in [6.07, 6.45) is 3.05. The molecule has 0 unspecified atom stereocenters. The largest absolute Gasteiger partial charge is 0.339 e. The number of halogens is 4. The van der Waals surface area contributed by atoms with E-state index in [9.17, 15) is 17.6 Å². The lowest BCUT2D eigenvalue weighted by Gasteiger charge is -2.27. The van der Waals surface area contributed by atoms with Crippen LogP contribution in [0.2, 0.25) is 0 Å². The number of hydrogen-bond donors (Lipinski definition) is 0. The molecule has 0 heterocycles. The van der Waals surface area contributed by atoms with Gasteiger partial charge in [0.25, 0.3) is 0 Å². The van der Waals surface area contributed by atoms with E-state index in [0.717, 1.165) is 42.7 Å². The summed E-state index contributed by atoms with van der Waals surface area (Å²) in [7, 11) is 0. The Kier molecular flexibility index (Phi) is 4.93. The fourth-order valence-electron chi connectivity index (χ4n) is 2.36. The van der Waals surface area contributed by atoms with Crippen LogP contribution in [0, 0.1) is 0 Å². The van der Waals surface area contributed by atoms with E-state index in [1.165, 1.54) is 30.3 Å². The van der Waals surface area contributed by atoms with Gasteiger partial charge in [-0.1, -0.05) is 74.5 Å². The Morgan fingerprint density at radius 2 is 1.26 bits per heavy atom. The maximum absolute atomic E-state index is 14.3. The third kappa shape index (κ3) is 3.31. The average Bonchev–Trinajstić information content (AvgIpc) is 2.55. The third-order valence-corrected chi connectivity index (χ3v) is 3.76. The quantitative estimate of drug-likeness (QED) is 0.558. The highest BCUT2D eigenvalue weighted by molar-refractivity contribution is 5.48. The second-order valence-electron chi connectivity index (χ2n) is 5.42. The fraction of sp³-hybridized carbons (Fsp3) is 0.263. The van der Waals surface area contributed by atoms with Gasteiger partial charge in [-0.25, -0.2) is 0 Å². The van der Waals surface area contributed by atoms with Crippen LogP contribution >= 0.6 is 0 Å². The molecule has 0 aromatic heterocycles. The Hall–Kier alpha value is -2.10. The molecule has 0 nitrogen and oxygen atoms in total. The van der Waals surface area contributed by atoms with Gasteiger partial charge in [-0.2, -0.15) is 17.6 Å². The topological polar surface area (TPSA) is 0 Å². The van der Waals surface area contributed by atoms with Crippen LogP contribution in [-0.2, 0) is 18.3 Å². The molecular formula is C19H18F4. The zero-order valence-corrected chi connectivity index (χ0v) is 12.8. The molecule has 0 aliphatic rings. The maximum Gasteiger partial charge on any atom is 0.339 e. The molecule has 0 bridgehead atoms. The van der Waals surface area contributed by atoms with Crippen molar-refractivity contribution in [3.63, 3.8) is 0 Å². The van der Waals surface area contributed by atoms with Crippen molar-refractivity contribution in [1.82, 2.24) is 0 Å². The monoisotopic (exact) mass is 322 g/mol. The molecule has 2 aromatic rings. The predicted octanol–water partition coefficient (Wildman–Crippen LogP) is 6.17. The van der Waals surface area contributed by atoms with Crippen LogP contribution in [-0.4, -0.2) is 0 Å². The van der Waals surface area contributed by atoms with Crippen molar-refractivity contribution < 1.29 is 17.6 Å². The van der Waals surface area contributed by atoms with E-state index in [4.69, 9.17) is 0 Å². The SMILES string of the molecule is C=Cc1ccc(C(F)(F)C(F)(F)c2ccc(CCC)cc2)cc1. The Labute approximate surface area is 133 Å². The third-order valence-electron chi connectivity index (χ3n) is 3.76. The molecule has 2 aromatic carbocycles. The molecular weight excluding hydrogens is 304 g/mol. The molecule has 0 atom stereocenters. The lowest BCUT2D eigenvalue weighted by atomic mass is 9.94. The van der Waals surface area contributed by atoms with E-state index in [0.29, 0.717) is 5.56 Å². The Morgan fingerprint density at radius 1 is 0.826 bits per heavy atom. The minimum atomic E-state index is -4.29. The van der Waals surface area contributed by atoms with Crippen LogP contribution in [0.4, 0.5) is 17.6 Å². The zero-order chi connectivity index (χ0) is 17.1. The second-order valence-corrected chi connectivity index (χ2v) is 5.42. The number of hydrogen-bond acceptors (Lipinski definition) is 0. The zero-order valence-electron chi connectivity index (χ0n) is 12.8. The highest BCUT2D eigenvalue weighted by Gasteiger charge is 2.58. The molecule has 0 radical (unpaired) electrons.